The number of carbonyl (C=O) groups is 2. The smallest absolute Gasteiger partial charge is 0.273 e. The van der Waals surface area contributed by atoms with Gasteiger partial charge in [-0.05, 0) is 37.8 Å². The Balaban J connectivity index is 1.22. The highest BCUT2D eigenvalue weighted by Crippen LogP contribution is 2.32. The largest absolute Gasteiger partial charge is 0.496 e. The maximum atomic E-state index is 13.2. The molecule has 0 bridgehead atoms. The SMILES string of the molecule is COc1cc(C(=O)N2CCC(c3nc(C(=O)N(C)C4CCCCC4)cs3)CC2)nc2ccccc12. The van der Waals surface area contributed by atoms with Crippen LogP contribution in [0.2, 0.25) is 0 Å². The number of nitrogens with zero attached hydrogens (tertiary/aromatic N) is 4. The number of likely N-dealkylation sites (tertiary alicyclic amines) is 1. The number of carbonyl (C=O) groups excluding carboxylic acids is 2. The molecule has 2 fully saturated rings. The minimum Gasteiger partial charge on any atom is -0.496 e. The maximum absolute atomic E-state index is 13.2. The number of aromatic nitrogens is 2. The first kappa shape index (κ1) is 23.7. The number of fused-ring (bicyclic) bond motifs is 1. The van der Waals surface area contributed by atoms with E-state index in [1.54, 1.807) is 24.5 Å². The zero-order valence-corrected chi connectivity index (χ0v) is 21.2. The van der Waals surface area contributed by atoms with Crippen LogP contribution in [-0.4, -0.2) is 64.9 Å². The van der Waals surface area contributed by atoms with Gasteiger partial charge in [0.25, 0.3) is 11.8 Å². The number of para-hydroxylation sites is 1. The summed E-state index contributed by atoms with van der Waals surface area (Å²) >= 11 is 1.57. The highest BCUT2D eigenvalue weighted by molar-refractivity contribution is 7.09. The second-order valence-corrected chi connectivity index (χ2v) is 10.5. The molecule has 0 N–H and O–H groups in total. The Hall–Kier alpha value is -3.00. The van der Waals surface area contributed by atoms with E-state index in [2.05, 4.69) is 4.98 Å². The Morgan fingerprint density at radius 3 is 2.51 bits per heavy atom. The van der Waals surface area contributed by atoms with Crippen LogP contribution < -0.4 is 4.74 Å². The van der Waals surface area contributed by atoms with Gasteiger partial charge in [0.2, 0.25) is 0 Å². The molecule has 1 saturated carbocycles. The number of rotatable bonds is 5. The topological polar surface area (TPSA) is 75.6 Å². The van der Waals surface area contributed by atoms with E-state index in [4.69, 9.17) is 9.72 Å². The Labute approximate surface area is 210 Å². The zero-order chi connectivity index (χ0) is 24.4. The number of benzene rings is 1. The summed E-state index contributed by atoms with van der Waals surface area (Å²) in [6, 6.07) is 9.75. The molecule has 1 aliphatic carbocycles. The van der Waals surface area contributed by atoms with E-state index in [0.717, 1.165) is 41.6 Å². The fourth-order valence-electron chi connectivity index (χ4n) is 5.30. The first-order chi connectivity index (χ1) is 17.0. The number of thiazole rings is 1. The predicted molar refractivity (Wildman–Crippen MR) is 137 cm³/mol. The molecule has 7 nitrogen and oxygen atoms in total. The fraction of sp³-hybridized carbons (Fsp3) is 0.481. The van der Waals surface area contributed by atoms with Crippen molar-refractivity contribution in [3.63, 3.8) is 0 Å². The van der Waals surface area contributed by atoms with E-state index >= 15 is 0 Å². The van der Waals surface area contributed by atoms with E-state index in [9.17, 15) is 9.59 Å². The molecule has 3 aromatic rings. The first-order valence-electron chi connectivity index (χ1n) is 12.5. The highest BCUT2D eigenvalue weighted by atomic mass is 32.1. The number of ether oxygens (including phenoxy) is 1. The molecular formula is C27H32N4O3S. The number of pyridine rings is 1. The van der Waals surface area contributed by atoms with Gasteiger partial charge in [-0.1, -0.05) is 31.4 Å². The van der Waals surface area contributed by atoms with Crippen LogP contribution in [0.4, 0.5) is 0 Å². The molecular weight excluding hydrogens is 460 g/mol. The van der Waals surface area contributed by atoms with E-state index < -0.39 is 0 Å². The molecule has 2 amide bonds. The molecule has 3 heterocycles. The zero-order valence-electron chi connectivity index (χ0n) is 20.4. The standard InChI is InChI=1S/C27H32N4O3S/c1-30(19-8-4-3-5-9-19)26(32)23-17-35-25(29-23)18-12-14-31(15-13-18)27(33)22-16-24(34-2)20-10-6-7-11-21(20)28-22/h6-7,10-11,16-19H,3-5,8-9,12-15H2,1-2H3. The maximum Gasteiger partial charge on any atom is 0.273 e. The molecule has 1 aliphatic heterocycles. The third kappa shape index (κ3) is 4.89. The quantitative estimate of drug-likeness (QED) is 0.494. The van der Waals surface area contributed by atoms with Crippen LogP contribution in [0.1, 0.15) is 76.8 Å². The summed E-state index contributed by atoms with van der Waals surface area (Å²) < 4.78 is 5.51. The second-order valence-electron chi connectivity index (χ2n) is 9.57. The van der Waals surface area contributed by atoms with Gasteiger partial charge in [0.15, 0.2) is 0 Å². The van der Waals surface area contributed by atoms with Gasteiger partial charge in [-0.25, -0.2) is 9.97 Å². The summed E-state index contributed by atoms with van der Waals surface area (Å²) in [6.45, 7) is 1.29. The lowest BCUT2D eigenvalue weighted by molar-refractivity contribution is 0.0690. The predicted octanol–water partition coefficient (Wildman–Crippen LogP) is 5.12. The first-order valence-corrected chi connectivity index (χ1v) is 13.4. The molecule has 0 radical (unpaired) electrons. The molecule has 1 aromatic carbocycles. The summed E-state index contributed by atoms with van der Waals surface area (Å²) in [6.07, 6.45) is 7.50. The Kier molecular flexibility index (Phi) is 7.00. The Morgan fingerprint density at radius 2 is 1.77 bits per heavy atom. The Morgan fingerprint density at radius 1 is 1.03 bits per heavy atom. The highest BCUT2D eigenvalue weighted by Gasteiger charge is 2.29. The molecule has 8 heteroatoms. The second kappa shape index (κ2) is 10.3. The van der Waals surface area contributed by atoms with Crippen LogP contribution in [0.3, 0.4) is 0 Å². The lowest BCUT2D eigenvalue weighted by atomic mass is 9.94. The van der Waals surface area contributed by atoms with E-state index in [-0.39, 0.29) is 17.7 Å². The van der Waals surface area contributed by atoms with Crippen LogP contribution in [0.5, 0.6) is 5.75 Å². The van der Waals surface area contributed by atoms with Crippen molar-refractivity contribution in [1.82, 2.24) is 19.8 Å². The van der Waals surface area contributed by atoms with Gasteiger partial charge in [-0.3, -0.25) is 9.59 Å². The van der Waals surface area contributed by atoms with Gasteiger partial charge < -0.3 is 14.5 Å². The lowest BCUT2D eigenvalue weighted by Crippen LogP contribution is -2.39. The van der Waals surface area contributed by atoms with Gasteiger partial charge in [0.1, 0.15) is 17.1 Å². The summed E-state index contributed by atoms with van der Waals surface area (Å²) in [5.74, 6) is 0.886. The van der Waals surface area contributed by atoms with E-state index in [1.807, 2.05) is 46.5 Å². The molecule has 0 unspecified atom stereocenters. The van der Waals surface area contributed by atoms with Crippen molar-refractivity contribution in [2.75, 3.05) is 27.2 Å². The number of methoxy groups -OCH3 is 1. The van der Waals surface area contributed by atoms with E-state index in [1.165, 1.54) is 19.3 Å². The minimum atomic E-state index is -0.0726. The van der Waals surface area contributed by atoms with Crippen LogP contribution in [0.15, 0.2) is 35.7 Å². The molecule has 5 rings (SSSR count). The van der Waals surface area contributed by atoms with Crippen molar-refractivity contribution in [2.45, 2.75) is 56.9 Å². The van der Waals surface area contributed by atoms with Crippen LogP contribution in [0.25, 0.3) is 10.9 Å². The number of hydrogen-bond donors (Lipinski definition) is 0. The summed E-state index contributed by atoms with van der Waals surface area (Å²) in [7, 11) is 3.53. The summed E-state index contributed by atoms with van der Waals surface area (Å²) in [5.41, 5.74) is 1.72. The molecule has 184 valence electrons. The van der Waals surface area contributed by atoms with Crippen LogP contribution in [0, 0.1) is 0 Å². The average Bonchev–Trinajstić information content (AvgIpc) is 3.42. The number of piperidine rings is 1. The fourth-order valence-corrected chi connectivity index (χ4v) is 6.27. The molecule has 2 aliphatic rings. The van der Waals surface area contributed by atoms with Crippen molar-refractivity contribution in [3.8, 4) is 5.75 Å². The van der Waals surface area contributed by atoms with Gasteiger partial charge in [0, 0.05) is 48.9 Å². The molecule has 35 heavy (non-hydrogen) atoms. The minimum absolute atomic E-state index is 0.0309. The van der Waals surface area contributed by atoms with Crippen LogP contribution in [-0.2, 0) is 0 Å². The van der Waals surface area contributed by atoms with Crippen molar-refractivity contribution >= 4 is 34.1 Å². The molecule has 1 saturated heterocycles. The third-order valence-corrected chi connectivity index (χ3v) is 8.44. The lowest BCUT2D eigenvalue weighted by Gasteiger charge is -2.31. The summed E-state index contributed by atoms with van der Waals surface area (Å²) in [5, 5.41) is 3.80. The summed E-state index contributed by atoms with van der Waals surface area (Å²) in [4.78, 5) is 39.3. The van der Waals surface area contributed by atoms with Crippen LogP contribution >= 0.6 is 11.3 Å². The van der Waals surface area contributed by atoms with Gasteiger partial charge in [-0.2, -0.15) is 0 Å². The molecule has 2 aromatic heterocycles. The Bertz CT molecular complexity index is 1210. The average molecular weight is 493 g/mol. The number of hydrogen-bond acceptors (Lipinski definition) is 6. The molecule has 0 spiro atoms. The monoisotopic (exact) mass is 492 g/mol. The van der Waals surface area contributed by atoms with Gasteiger partial charge in [-0.15, -0.1) is 11.3 Å². The van der Waals surface area contributed by atoms with Gasteiger partial charge >= 0.3 is 0 Å². The van der Waals surface area contributed by atoms with Crippen molar-refractivity contribution in [1.29, 1.82) is 0 Å². The van der Waals surface area contributed by atoms with E-state index in [0.29, 0.717) is 36.3 Å². The van der Waals surface area contributed by atoms with Crippen molar-refractivity contribution in [2.24, 2.45) is 0 Å². The van der Waals surface area contributed by atoms with Crippen molar-refractivity contribution in [3.05, 3.63) is 52.1 Å². The normalized spacial score (nSPS) is 17.5. The third-order valence-electron chi connectivity index (χ3n) is 7.43. The number of amides is 2. The molecule has 0 atom stereocenters. The van der Waals surface area contributed by atoms with Gasteiger partial charge in [0.05, 0.1) is 17.6 Å². The van der Waals surface area contributed by atoms with Crippen molar-refractivity contribution < 1.29 is 14.3 Å².